The van der Waals surface area contributed by atoms with Crippen molar-refractivity contribution in [1.29, 1.82) is 0 Å². The molecule has 0 amide bonds. The summed E-state index contributed by atoms with van der Waals surface area (Å²) in [5, 5.41) is 13.4. The van der Waals surface area contributed by atoms with Crippen molar-refractivity contribution in [3.05, 3.63) is 126 Å². The van der Waals surface area contributed by atoms with Crippen LogP contribution in [0, 0.1) is 0 Å². The second kappa shape index (κ2) is 11.9. The summed E-state index contributed by atoms with van der Waals surface area (Å²) in [6.45, 7) is 13.7. The summed E-state index contributed by atoms with van der Waals surface area (Å²) in [5.41, 5.74) is 9.91. The Kier molecular flexibility index (Phi) is 7.77. The Balaban J connectivity index is 1.30. The molecule has 3 N–H and O–H groups in total. The van der Waals surface area contributed by atoms with Gasteiger partial charge in [0.15, 0.2) is 0 Å². The standard InChI is InChI=1S/C35H32N6S/c1-5-23(19-36-20-24-10-8-7-9-11-24)16-25(6-2)29-17-27-31(21-38-29)40-41-34(27)30-18-26-28(39-30)14-15-37-35(26)33-13-12-32(42-33)22(3)4/h5-18,21,36,39H,1,3,19-20H2,2,4H3,(H,40,41)/b23-16+,25-6+. The third-order valence-corrected chi connectivity index (χ3v) is 8.48. The number of hydrogen-bond donors (Lipinski definition) is 3. The largest absolute Gasteiger partial charge is 0.353 e. The molecule has 0 aliphatic heterocycles. The van der Waals surface area contributed by atoms with Crippen molar-refractivity contribution in [2.45, 2.75) is 20.4 Å². The Morgan fingerprint density at radius 2 is 1.83 bits per heavy atom. The zero-order valence-corrected chi connectivity index (χ0v) is 24.6. The van der Waals surface area contributed by atoms with Gasteiger partial charge in [-0.15, -0.1) is 11.3 Å². The van der Waals surface area contributed by atoms with Crippen LogP contribution >= 0.6 is 11.3 Å². The topological polar surface area (TPSA) is 82.3 Å². The fourth-order valence-corrected chi connectivity index (χ4v) is 5.93. The molecule has 0 saturated heterocycles. The molecule has 5 heterocycles. The van der Waals surface area contributed by atoms with E-state index in [0.717, 1.165) is 72.7 Å². The summed E-state index contributed by atoms with van der Waals surface area (Å²) >= 11 is 1.71. The molecule has 6 nitrogen and oxygen atoms in total. The van der Waals surface area contributed by atoms with Crippen LogP contribution in [-0.4, -0.2) is 31.7 Å². The van der Waals surface area contributed by atoms with Crippen LogP contribution in [-0.2, 0) is 6.54 Å². The number of aromatic nitrogens is 5. The molecule has 208 valence electrons. The third-order valence-electron chi connectivity index (χ3n) is 7.22. The maximum Gasteiger partial charge on any atom is 0.116 e. The van der Waals surface area contributed by atoms with Crippen LogP contribution in [0.2, 0.25) is 0 Å². The first kappa shape index (κ1) is 27.3. The van der Waals surface area contributed by atoms with E-state index >= 15 is 0 Å². The molecular formula is C35H32N6S. The number of pyridine rings is 2. The first-order valence-electron chi connectivity index (χ1n) is 13.9. The maximum absolute atomic E-state index is 4.75. The van der Waals surface area contributed by atoms with Crippen molar-refractivity contribution in [1.82, 2.24) is 30.5 Å². The molecular weight excluding hydrogens is 536 g/mol. The number of fused-ring (bicyclic) bond motifs is 2. The van der Waals surface area contributed by atoms with E-state index in [1.165, 1.54) is 10.4 Å². The second-order valence-electron chi connectivity index (χ2n) is 10.2. The molecule has 0 radical (unpaired) electrons. The minimum absolute atomic E-state index is 0.707. The average molecular weight is 569 g/mol. The van der Waals surface area contributed by atoms with Crippen LogP contribution in [0.4, 0.5) is 0 Å². The van der Waals surface area contributed by atoms with Crippen LogP contribution in [0.5, 0.6) is 0 Å². The molecule has 6 rings (SSSR count). The highest BCUT2D eigenvalue weighted by Crippen LogP contribution is 2.37. The molecule has 42 heavy (non-hydrogen) atoms. The zero-order valence-electron chi connectivity index (χ0n) is 23.7. The fraction of sp³-hybridized carbons (Fsp3) is 0.114. The minimum atomic E-state index is 0.707. The number of rotatable bonds is 10. The van der Waals surface area contributed by atoms with Crippen LogP contribution < -0.4 is 5.32 Å². The van der Waals surface area contributed by atoms with Gasteiger partial charge in [0.25, 0.3) is 0 Å². The summed E-state index contributed by atoms with van der Waals surface area (Å²) in [6.07, 6.45) is 9.81. The van der Waals surface area contributed by atoms with Crippen LogP contribution in [0.3, 0.4) is 0 Å². The highest BCUT2D eigenvalue weighted by Gasteiger charge is 2.16. The lowest BCUT2D eigenvalue weighted by Crippen LogP contribution is -2.16. The molecule has 0 aliphatic rings. The van der Waals surface area contributed by atoms with Crippen LogP contribution in [0.15, 0.2) is 110 Å². The van der Waals surface area contributed by atoms with Crippen molar-refractivity contribution in [2.75, 3.05) is 6.54 Å². The molecule has 0 saturated carbocycles. The average Bonchev–Trinajstić information content (AvgIpc) is 3.77. The van der Waals surface area contributed by atoms with E-state index < -0.39 is 0 Å². The molecule has 0 spiro atoms. The molecule has 6 aromatic rings. The number of thiophene rings is 1. The van der Waals surface area contributed by atoms with Gasteiger partial charge in [0, 0.05) is 40.5 Å². The van der Waals surface area contributed by atoms with Crippen LogP contribution in [0.25, 0.3) is 54.9 Å². The lowest BCUT2D eigenvalue weighted by molar-refractivity contribution is 0.747. The van der Waals surface area contributed by atoms with E-state index in [9.17, 15) is 0 Å². The van der Waals surface area contributed by atoms with Gasteiger partial charge in [-0.1, -0.05) is 55.6 Å². The third kappa shape index (κ3) is 5.52. The number of allylic oxidation sites excluding steroid dienone is 4. The molecule has 0 unspecified atom stereocenters. The summed E-state index contributed by atoms with van der Waals surface area (Å²) in [4.78, 5) is 15.3. The molecule has 1 aromatic carbocycles. The number of benzene rings is 1. The second-order valence-corrected chi connectivity index (χ2v) is 11.3. The van der Waals surface area contributed by atoms with E-state index in [1.54, 1.807) is 11.3 Å². The van der Waals surface area contributed by atoms with Gasteiger partial charge in [-0.2, -0.15) is 5.10 Å². The number of nitrogens with one attached hydrogen (secondary N) is 3. The Labute approximate surface area is 249 Å². The van der Waals surface area contributed by atoms with Crippen molar-refractivity contribution >= 4 is 44.3 Å². The Morgan fingerprint density at radius 3 is 2.60 bits per heavy atom. The van der Waals surface area contributed by atoms with Gasteiger partial charge in [-0.3, -0.25) is 15.1 Å². The van der Waals surface area contributed by atoms with Gasteiger partial charge in [0.05, 0.1) is 33.7 Å². The summed E-state index contributed by atoms with van der Waals surface area (Å²) in [7, 11) is 0. The van der Waals surface area contributed by atoms with E-state index in [-0.39, 0.29) is 0 Å². The van der Waals surface area contributed by atoms with Crippen molar-refractivity contribution in [3.8, 4) is 22.0 Å². The van der Waals surface area contributed by atoms with Gasteiger partial charge in [-0.05, 0) is 72.5 Å². The Morgan fingerprint density at radius 1 is 1.00 bits per heavy atom. The SMILES string of the molecule is C=C/C(=C\C(=C/C)c1cc2c(-c3cc4c(-c5ccc(C(=C)C)s5)nccc4[nH]3)n[nH]c2cn1)CNCc1ccccc1. The van der Waals surface area contributed by atoms with Crippen molar-refractivity contribution in [3.63, 3.8) is 0 Å². The van der Waals surface area contributed by atoms with Gasteiger partial charge in [0.1, 0.15) is 5.69 Å². The van der Waals surface area contributed by atoms with E-state index in [2.05, 4.69) is 94.3 Å². The Hall–Kier alpha value is -4.85. The fourth-order valence-electron chi connectivity index (χ4n) is 4.99. The van der Waals surface area contributed by atoms with E-state index in [0.29, 0.717) is 6.54 Å². The highest BCUT2D eigenvalue weighted by molar-refractivity contribution is 7.16. The monoisotopic (exact) mass is 568 g/mol. The van der Waals surface area contributed by atoms with E-state index in [4.69, 9.17) is 9.97 Å². The predicted octanol–water partition coefficient (Wildman–Crippen LogP) is 8.57. The number of H-pyrrole nitrogens is 2. The zero-order chi connectivity index (χ0) is 29.1. The lowest BCUT2D eigenvalue weighted by atomic mass is 10.0. The van der Waals surface area contributed by atoms with Gasteiger partial charge >= 0.3 is 0 Å². The first-order valence-corrected chi connectivity index (χ1v) is 14.7. The smallest absolute Gasteiger partial charge is 0.116 e. The minimum Gasteiger partial charge on any atom is -0.353 e. The van der Waals surface area contributed by atoms with Gasteiger partial charge in [0.2, 0.25) is 0 Å². The summed E-state index contributed by atoms with van der Waals surface area (Å²) < 4.78 is 0. The molecule has 0 bridgehead atoms. The molecule has 0 atom stereocenters. The number of hydrogen-bond acceptors (Lipinski definition) is 5. The molecule has 5 aromatic heterocycles. The summed E-state index contributed by atoms with van der Waals surface area (Å²) in [5.74, 6) is 0. The number of nitrogens with zero attached hydrogens (tertiary/aromatic N) is 3. The van der Waals surface area contributed by atoms with Crippen LogP contribution in [0.1, 0.15) is 30.0 Å². The quantitative estimate of drug-likeness (QED) is 0.145. The van der Waals surface area contributed by atoms with E-state index in [1.807, 2.05) is 44.4 Å². The molecule has 7 heteroatoms. The van der Waals surface area contributed by atoms with Crippen molar-refractivity contribution in [2.24, 2.45) is 0 Å². The number of aromatic amines is 2. The summed E-state index contributed by atoms with van der Waals surface area (Å²) in [6, 6.07) is 20.8. The predicted molar refractivity (Wildman–Crippen MR) is 177 cm³/mol. The van der Waals surface area contributed by atoms with Crippen molar-refractivity contribution < 1.29 is 0 Å². The molecule has 0 aliphatic carbocycles. The lowest BCUT2D eigenvalue weighted by Gasteiger charge is -2.08. The van der Waals surface area contributed by atoms with Gasteiger partial charge in [-0.25, -0.2) is 0 Å². The highest BCUT2D eigenvalue weighted by atomic mass is 32.1. The Bertz CT molecular complexity index is 1970. The van der Waals surface area contributed by atoms with Gasteiger partial charge < -0.3 is 10.3 Å². The first-order chi connectivity index (χ1) is 20.5. The molecule has 0 fully saturated rings. The normalized spacial score (nSPS) is 12.3. The maximum atomic E-state index is 4.75.